The Hall–Kier alpha value is -0.840. The van der Waals surface area contributed by atoms with Gasteiger partial charge in [-0.05, 0) is 48.9 Å². The van der Waals surface area contributed by atoms with Gasteiger partial charge >= 0.3 is 5.97 Å². The Morgan fingerprint density at radius 1 is 1.53 bits per heavy atom. The van der Waals surface area contributed by atoms with Crippen molar-refractivity contribution in [2.45, 2.75) is 20.8 Å². The van der Waals surface area contributed by atoms with Gasteiger partial charge in [-0.2, -0.15) is 0 Å². The minimum atomic E-state index is -0.206. The molecule has 0 amide bonds. The Morgan fingerprint density at radius 2 is 2.24 bits per heavy atom. The summed E-state index contributed by atoms with van der Waals surface area (Å²) in [6.07, 6.45) is 1.94. The molecular weight excluding hydrogens is 327 g/mol. The van der Waals surface area contributed by atoms with Crippen molar-refractivity contribution in [2.75, 3.05) is 6.61 Å². The third kappa shape index (κ3) is 4.50. The van der Waals surface area contributed by atoms with Crippen molar-refractivity contribution in [1.82, 2.24) is 0 Å². The highest BCUT2D eigenvalue weighted by molar-refractivity contribution is 14.1. The number of hydrogen-bond donors (Lipinski definition) is 0. The maximum absolute atomic E-state index is 11.5. The fourth-order valence-electron chi connectivity index (χ4n) is 1.45. The fourth-order valence-corrected chi connectivity index (χ4v) is 2.33. The highest BCUT2D eigenvalue weighted by atomic mass is 127. The van der Waals surface area contributed by atoms with Crippen LogP contribution in [0.25, 0.3) is 3.58 Å². The number of hydrogen-bond acceptors (Lipinski definition) is 2. The van der Waals surface area contributed by atoms with E-state index < -0.39 is 0 Å². The number of rotatable bonds is 4. The zero-order valence-electron chi connectivity index (χ0n) is 10.4. The van der Waals surface area contributed by atoms with Crippen LogP contribution in [0.3, 0.4) is 0 Å². The number of carbonyl (C=O) groups is 1. The fraction of sp³-hybridized carbons (Fsp3) is 0.357. The highest BCUT2D eigenvalue weighted by Gasteiger charge is 2.12. The molecule has 0 N–H and O–H groups in total. The maximum Gasteiger partial charge on any atom is 0.312 e. The van der Waals surface area contributed by atoms with Crippen LogP contribution in [0.4, 0.5) is 0 Å². The van der Waals surface area contributed by atoms with E-state index in [0.29, 0.717) is 6.61 Å². The Balaban J connectivity index is 2.82. The predicted octanol–water partition coefficient (Wildman–Crippen LogP) is 3.97. The standard InChI is InChI=1S/C14H17IO2/c1-4-17-14(16)11(3)9-13(15)12-7-5-6-10(2)8-12/h5-9,11H,4H2,1-3H3/b13-9+. The lowest BCUT2D eigenvalue weighted by Gasteiger charge is -2.07. The zero-order chi connectivity index (χ0) is 12.8. The van der Waals surface area contributed by atoms with Gasteiger partial charge in [-0.25, -0.2) is 0 Å². The lowest BCUT2D eigenvalue weighted by atomic mass is 10.1. The molecule has 0 aliphatic rings. The lowest BCUT2D eigenvalue weighted by Crippen LogP contribution is -2.12. The van der Waals surface area contributed by atoms with Gasteiger partial charge in [0, 0.05) is 3.58 Å². The number of benzene rings is 1. The number of halogens is 1. The van der Waals surface area contributed by atoms with Crippen LogP contribution in [0.2, 0.25) is 0 Å². The number of ether oxygens (including phenoxy) is 1. The molecule has 1 aromatic rings. The minimum Gasteiger partial charge on any atom is -0.466 e. The third-order valence-corrected chi connectivity index (χ3v) is 3.33. The van der Waals surface area contributed by atoms with Gasteiger partial charge < -0.3 is 4.74 Å². The van der Waals surface area contributed by atoms with Crippen LogP contribution in [0.5, 0.6) is 0 Å². The first-order valence-electron chi connectivity index (χ1n) is 5.65. The van der Waals surface area contributed by atoms with E-state index in [1.54, 1.807) is 0 Å². The first-order chi connectivity index (χ1) is 8.04. The Kier molecular flexibility index (Phi) is 5.68. The van der Waals surface area contributed by atoms with Gasteiger partial charge in [0.05, 0.1) is 12.5 Å². The van der Waals surface area contributed by atoms with Crippen molar-refractivity contribution >= 4 is 32.1 Å². The van der Waals surface area contributed by atoms with E-state index in [9.17, 15) is 4.79 Å². The van der Waals surface area contributed by atoms with Crippen molar-refractivity contribution in [1.29, 1.82) is 0 Å². The summed E-state index contributed by atoms with van der Waals surface area (Å²) in [5.41, 5.74) is 2.36. The molecular formula is C14H17IO2. The summed E-state index contributed by atoms with van der Waals surface area (Å²) in [5, 5.41) is 0. The molecule has 0 saturated carbocycles. The molecule has 0 aliphatic heterocycles. The SMILES string of the molecule is CCOC(=O)C(C)/C=C(/I)c1cccc(C)c1. The molecule has 0 saturated heterocycles. The average Bonchev–Trinajstić information content (AvgIpc) is 2.29. The van der Waals surface area contributed by atoms with Gasteiger partial charge in [-0.15, -0.1) is 0 Å². The lowest BCUT2D eigenvalue weighted by molar-refractivity contribution is -0.145. The molecule has 3 heteroatoms. The summed E-state index contributed by atoms with van der Waals surface area (Å²) in [5.74, 6) is -0.378. The first kappa shape index (κ1) is 14.2. The Morgan fingerprint density at radius 3 is 2.82 bits per heavy atom. The molecule has 0 aliphatic carbocycles. The van der Waals surface area contributed by atoms with Gasteiger partial charge in [0.2, 0.25) is 0 Å². The van der Waals surface area contributed by atoms with E-state index in [1.165, 1.54) is 5.56 Å². The molecule has 0 aromatic heterocycles. The molecule has 0 bridgehead atoms. The van der Waals surface area contributed by atoms with Crippen molar-refractivity contribution < 1.29 is 9.53 Å². The van der Waals surface area contributed by atoms with E-state index in [-0.39, 0.29) is 11.9 Å². The van der Waals surface area contributed by atoms with Crippen molar-refractivity contribution in [2.24, 2.45) is 5.92 Å². The molecule has 1 unspecified atom stereocenters. The first-order valence-corrected chi connectivity index (χ1v) is 6.73. The minimum absolute atomic E-state index is 0.172. The summed E-state index contributed by atoms with van der Waals surface area (Å²) in [7, 11) is 0. The molecule has 0 spiro atoms. The van der Waals surface area contributed by atoms with E-state index in [2.05, 4.69) is 41.6 Å². The van der Waals surface area contributed by atoms with Crippen LogP contribution in [-0.4, -0.2) is 12.6 Å². The third-order valence-electron chi connectivity index (χ3n) is 2.35. The summed E-state index contributed by atoms with van der Waals surface area (Å²) >= 11 is 2.25. The Labute approximate surface area is 116 Å². The van der Waals surface area contributed by atoms with Crippen LogP contribution < -0.4 is 0 Å². The predicted molar refractivity (Wildman–Crippen MR) is 79.0 cm³/mol. The van der Waals surface area contributed by atoms with Gasteiger partial charge in [-0.1, -0.05) is 35.9 Å². The van der Waals surface area contributed by atoms with Crippen LogP contribution in [0.15, 0.2) is 30.3 Å². The topological polar surface area (TPSA) is 26.3 Å². The molecule has 0 heterocycles. The monoisotopic (exact) mass is 344 g/mol. The summed E-state index contributed by atoms with van der Waals surface area (Å²) in [4.78, 5) is 11.5. The van der Waals surface area contributed by atoms with Crippen LogP contribution >= 0.6 is 22.6 Å². The molecule has 2 nitrogen and oxygen atoms in total. The molecule has 1 rings (SSSR count). The molecule has 0 fully saturated rings. The highest BCUT2D eigenvalue weighted by Crippen LogP contribution is 2.24. The van der Waals surface area contributed by atoms with Crippen LogP contribution in [0, 0.1) is 12.8 Å². The van der Waals surface area contributed by atoms with Gasteiger partial charge in [0.15, 0.2) is 0 Å². The smallest absolute Gasteiger partial charge is 0.312 e. The van der Waals surface area contributed by atoms with E-state index in [0.717, 1.165) is 9.14 Å². The second kappa shape index (κ2) is 6.79. The zero-order valence-corrected chi connectivity index (χ0v) is 12.5. The largest absolute Gasteiger partial charge is 0.466 e. The van der Waals surface area contributed by atoms with Gasteiger partial charge in [-0.3, -0.25) is 4.79 Å². The average molecular weight is 344 g/mol. The summed E-state index contributed by atoms with van der Waals surface area (Å²) in [6.45, 7) is 6.16. The van der Waals surface area contributed by atoms with Crippen LogP contribution in [0.1, 0.15) is 25.0 Å². The molecule has 92 valence electrons. The number of carbonyl (C=O) groups excluding carboxylic acids is 1. The Bertz CT molecular complexity index is 424. The summed E-state index contributed by atoms with van der Waals surface area (Å²) < 4.78 is 6.05. The van der Waals surface area contributed by atoms with Gasteiger partial charge in [0.1, 0.15) is 0 Å². The van der Waals surface area contributed by atoms with Crippen LogP contribution in [-0.2, 0) is 9.53 Å². The number of esters is 1. The molecule has 1 atom stereocenters. The van der Waals surface area contributed by atoms with Crippen molar-refractivity contribution in [3.05, 3.63) is 41.5 Å². The maximum atomic E-state index is 11.5. The quantitative estimate of drug-likeness (QED) is 0.610. The van der Waals surface area contributed by atoms with E-state index >= 15 is 0 Å². The van der Waals surface area contributed by atoms with Gasteiger partial charge in [0.25, 0.3) is 0 Å². The molecule has 0 radical (unpaired) electrons. The van der Waals surface area contributed by atoms with Crippen molar-refractivity contribution in [3.63, 3.8) is 0 Å². The second-order valence-corrected chi connectivity index (χ2v) is 5.09. The second-order valence-electron chi connectivity index (χ2n) is 3.92. The number of aryl methyl sites for hydroxylation is 1. The normalized spacial score (nSPS) is 13.3. The van der Waals surface area contributed by atoms with E-state index in [1.807, 2.05) is 32.1 Å². The molecule has 1 aromatic carbocycles. The van der Waals surface area contributed by atoms with Crippen molar-refractivity contribution in [3.8, 4) is 0 Å². The van der Waals surface area contributed by atoms with E-state index in [4.69, 9.17) is 4.74 Å². The summed E-state index contributed by atoms with van der Waals surface area (Å²) in [6, 6.07) is 8.23. The molecule has 17 heavy (non-hydrogen) atoms.